The standard InChI is InChI=1S/C15H17N3O2/c19-15(20)13-10-12-4-1-2-5-14(12)17(11-13)8-9-18-7-3-6-16-18/h1-7,13H,8-11H2,(H,19,20). The number of hydrogen-bond donors (Lipinski definition) is 1. The Kier molecular flexibility index (Phi) is 3.41. The lowest BCUT2D eigenvalue weighted by molar-refractivity contribution is -0.141. The first-order valence-corrected chi connectivity index (χ1v) is 6.77. The summed E-state index contributed by atoms with van der Waals surface area (Å²) in [5.41, 5.74) is 2.27. The topological polar surface area (TPSA) is 58.4 Å². The van der Waals surface area contributed by atoms with Crippen LogP contribution in [0.3, 0.4) is 0 Å². The van der Waals surface area contributed by atoms with Crippen molar-refractivity contribution < 1.29 is 9.90 Å². The highest BCUT2D eigenvalue weighted by Crippen LogP contribution is 2.29. The molecule has 1 unspecified atom stereocenters. The number of nitrogens with zero attached hydrogens (tertiary/aromatic N) is 3. The highest BCUT2D eigenvalue weighted by Gasteiger charge is 2.28. The first-order valence-electron chi connectivity index (χ1n) is 6.77. The van der Waals surface area contributed by atoms with Crippen molar-refractivity contribution in [3.63, 3.8) is 0 Å². The quantitative estimate of drug-likeness (QED) is 0.918. The number of carbonyl (C=O) groups is 1. The van der Waals surface area contributed by atoms with E-state index in [0.29, 0.717) is 13.0 Å². The molecule has 20 heavy (non-hydrogen) atoms. The van der Waals surface area contributed by atoms with E-state index < -0.39 is 5.97 Å². The van der Waals surface area contributed by atoms with Crippen molar-refractivity contribution in [1.29, 1.82) is 0 Å². The minimum atomic E-state index is -0.719. The van der Waals surface area contributed by atoms with Crippen molar-refractivity contribution >= 4 is 11.7 Å². The monoisotopic (exact) mass is 271 g/mol. The third-order valence-corrected chi connectivity index (χ3v) is 3.75. The van der Waals surface area contributed by atoms with E-state index >= 15 is 0 Å². The van der Waals surface area contributed by atoms with Gasteiger partial charge in [-0.2, -0.15) is 5.10 Å². The van der Waals surface area contributed by atoms with Gasteiger partial charge >= 0.3 is 5.97 Å². The molecule has 0 aliphatic carbocycles. The Bertz CT molecular complexity index is 595. The molecule has 0 saturated heterocycles. The summed E-state index contributed by atoms with van der Waals surface area (Å²) in [4.78, 5) is 13.5. The number of aromatic nitrogens is 2. The summed E-state index contributed by atoms with van der Waals surface area (Å²) in [6, 6.07) is 9.95. The summed E-state index contributed by atoms with van der Waals surface area (Å²) < 4.78 is 1.87. The molecule has 5 heteroatoms. The third kappa shape index (κ3) is 2.52. The Morgan fingerprint density at radius 2 is 2.15 bits per heavy atom. The van der Waals surface area contributed by atoms with Gasteiger partial charge < -0.3 is 10.0 Å². The van der Waals surface area contributed by atoms with Gasteiger partial charge in [-0.15, -0.1) is 0 Å². The van der Waals surface area contributed by atoms with Gasteiger partial charge in [0.25, 0.3) is 0 Å². The lowest BCUT2D eigenvalue weighted by Gasteiger charge is -2.34. The first kappa shape index (κ1) is 12.7. The van der Waals surface area contributed by atoms with Gasteiger partial charge in [-0.25, -0.2) is 0 Å². The van der Waals surface area contributed by atoms with Gasteiger partial charge in [0.15, 0.2) is 0 Å². The van der Waals surface area contributed by atoms with Gasteiger partial charge in [-0.05, 0) is 24.1 Å². The summed E-state index contributed by atoms with van der Waals surface area (Å²) in [6.07, 6.45) is 4.29. The van der Waals surface area contributed by atoms with Gasteiger partial charge in [0, 0.05) is 31.2 Å². The van der Waals surface area contributed by atoms with E-state index in [1.165, 1.54) is 0 Å². The van der Waals surface area contributed by atoms with Crippen LogP contribution < -0.4 is 4.90 Å². The van der Waals surface area contributed by atoms with Crippen LogP contribution in [0.1, 0.15) is 5.56 Å². The molecule has 3 rings (SSSR count). The van der Waals surface area contributed by atoms with Crippen molar-refractivity contribution in [3.05, 3.63) is 48.3 Å². The number of hydrogen-bond acceptors (Lipinski definition) is 3. The van der Waals surface area contributed by atoms with Crippen LogP contribution in [0.5, 0.6) is 0 Å². The van der Waals surface area contributed by atoms with E-state index in [0.717, 1.165) is 24.3 Å². The molecule has 1 aliphatic heterocycles. The van der Waals surface area contributed by atoms with Crippen molar-refractivity contribution in [2.45, 2.75) is 13.0 Å². The molecule has 104 valence electrons. The van der Waals surface area contributed by atoms with Gasteiger partial charge in [-0.3, -0.25) is 9.48 Å². The molecule has 2 heterocycles. The van der Waals surface area contributed by atoms with E-state index in [1.807, 2.05) is 35.1 Å². The molecule has 0 radical (unpaired) electrons. The normalized spacial score (nSPS) is 17.8. The summed E-state index contributed by atoms with van der Waals surface area (Å²) in [7, 11) is 0. The largest absolute Gasteiger partial charge is 0.481 e. The minimum absolute atomic E-state index is 0.331. The highest BCUT2D eigenvalue weighted by atomic mass is 16.4. The van der Waals surface area contributed by atoms with Gasteiger partial charge in [0.05, 0.1) is 12.5 Å². The van der Waals surface area contributed by atoms with E-state index in [4.69, 9.17) is 0 Å². The zero-order chi connectivity index (χ0) is 13.9. The van der Waals surface area contributed by atoms with Gasteiger partial charge in [-0.1, -0.05) is 18.2 Å². The third-order valence-electron chi connectivity index (χ3n) is 3.75. The molecule has 1 aromatic carbocycles. The number of benzene rings is 1. The Morgan fingerprint density at radius 3 is 2.90 bits per heavy atom. The number of anilines is 1. The molecule has 0 amide bonds. The molecule has 2 aromatic rings. The minimum Gasteiger partial charge on any atom is -0.481 e. The molecular formula is C15H17N3O2. The highest BCUT2D eigenvalue weighted by molar-refractivity contribution is 5.73. The number of carboxylic acid groups (broad SMARTS) is 1. The van der Waals surface area contributed by atoms with Crippen LogP contribution >= 0.6 is 0 Å². The van der Waals surface area contributed by atoms with E-state index in [-0.39, 0.29) is 5.92 Å². The van der Waals surface area contributed by atoms with Crippen LogP contribution in [0.4, 0.5) is 5.69 Å². The zero-order valence-electron chi connectivity index (χ0n) is 11.1. The van der Waals surface area contributed by atoms with E-state index in [2.05, 4.69) is 16.1 Å². The zero-order valence-corrected chi connectivity index (χ0v) is 11.1. The molecule has 5 nitrogen and oxygen atoms in total. The molecule has 1 atom stereocenters. The molecule has 0 spiro atoms. The van der Waals surface area contributed by atoms with Crippen molar-refractivity contribution in [3.8, 4) is 0 Å². The Balaban J connectivity index is 1.79. The molecule has 1 aromatic heterocycles. The summed E-state index contributed by atoms with van der Waals surface area (Å²) in [5.74, 6) is -1.05. The number of rotatable bonds is 4. The summed E-state index contributed by atoms with van der Waals surface area (Å²) >= 11 is 0. The second kappa shape index (κ2) is 5.36. The van der Waals surface area contributed by atoms with Crippen LogP contribution in [0.2, 0.25) is 0 Å². The maximum atomic E-state index is 11.3. The number of carboxylic acids is 1. The SMILES string of the molecule is O=C(O)C1Cc2ccccc2N(CCn2cccn2)C1. The number of aliphatic carboxylic acids is 1. The average Bonchev–Trinajstić information content (AvgIpc) is 2.97. The summed E-state index contributed by atoms with van der Waals surface area (Å²) in [6.45, 7) is 2.09. The predicted octanol–water partition coefficient (Wildman–Crippen LogP) is 1.65. The van der Waals surface area contributed by atoms with Crippen LogP contribution in [-0.4, -0.2) is 33.9 Å². The Morgan fingerprint density at radius 1 is 1.30 bits per heavy atom. The smallest absolute Gasteiger partial charge is 0.308 e. The van der Waals surface area contributed by atoms with Crippen LogP contribution in [0.15, 0.2) is 42.7 Å². The fourth-order valence-corrected chi connectivity index (χ4v) is 2.72. The lowest BCUT2D eigenvalue weighted by Crippen LogP contribution is -2.40. The molecule has 1 aliphatic rings. The average molecular weight is 271 g/mol. The Labute approximate surface area is 117 Å². The first-order chi connectivity index (χ1) is 9.74. The molecule has 0 bridgehead atoms. The van der Waals surface area contributed by atoms with E-state index in [1.54, 1.807) is 6.20 Å². The predicted molar refractivity (Wildman–Crippen MR) is 75.7 cm³/mol. The van der Waals surface area contributed by atoms with Crippen LogP contribution in [-0.2, 0) is 17.8 Å². The Hall–Kier alpha value is -2.30. The lowest BCUT2D eigenvalue weighted by atomic mass is 9.92. The maximum absolute atomic E-state index is 11.3. The van der Waals surface area contributed by atoms with E-state index in [9.17, 15) is 9.90 Å². The summed E-state index contributed by atoms with van der Waals surface area (Å²) in [5, 5.41) is 13.5. The maximum Gasteiger partial charge on any atom is 0.308 e. The van der Waals surface area contributed by atoms with Crippen molar-refractivity contribution in [1.82, 2.24) is 9.78 Å². The second-order valence-electron chi connectivity index (χ2n) is 5.08. The fraction of sp³-hybridized carbons (Fsp3) is 0.333. The van der Waals surface area contributed by atoms with Crippen molar-refractivity contribution in [2.24, 2.45) is 5.92 Å². The molecule has 0 fully saturated rings. The molecular weight excluding hydrogens is 254 g/mol. The van der Waals surface area contributed by atoms with Crippen LogP contribution in [0.25, 0.3) is 0 Å². The number of fused-ring (bicyclic) bond motifs is 1. The molecule has 1 N–H and O–H groups in total. The fourth-order valence-electron chi connectivity index (χ4n) is 2.72. The van der Waals surface area contributed by atoms with Gasteiger partial charge in [0.1, 0.15) is 0 Å². The van der Waals surface area contributed by atoms with Crippen LogP contribution in [0, 0.1) is 5.92 Å². The molecule has 0 saturated carbocycles. The van der Waals surface area contributed by atoms with Gasteiger partial charge in [0.2, 0.25) is 0 Å². The van der Waals surface area contributed by atoms with Crippen molar-refractivity contribution in [2.75, 3.05) is 18.0 Å². The number of para-hydroxylation sites is 1. The second-order valence-corrected chi connectivity index (χ2v) is 5.08.